The minimum Gasteiger partial charge on any atom is -0.452 e. The van der Waals surface area contributed by atoms with Crippen LogP contribution in [-0.2, 0) is 0 Å². The van der Waals surface area contributed by atoms with Crippen molar-refractivity contribution in [3.05, 3.63) is 59.2 Å². The average Bonchev–Trinajstić information content (AvgIpc) is 3.02. The highest BCUT2D eigenvalue weighted by Crippen LogP contribution is 2.31. The van der Waals surface area contributed by atoms with Gasteiger partial charge in [0.25, 0.3) is 0 Å². The third kappa shape index (κ3) is 2.12. The minimum absolute atomic E-state index is 0.473. The van der Waals surface area contributed by atoms with Gasteiger partial charge in [-0.3, -0.25) is 0 Å². The van der Waals surface area contributed by atoms with Crippen LogP contribution in [0.3, 0.4) is 0 Å². The Hall–Kier alpha value is -1.78. The number of hydrogen-bond acceptors (Lipinski definition) is 3. The van der Waals surface area contributed by atoms with E-state index in [9.17, 15) is 0 Å². The summed E-state index contributed by atoms with van der Waals surface area (Å²) in [5, 5.41) is 7.64. The normalized spacial score (nSPS) is 10.5. The summed E-state index contributed by atoms with van der Waals surface area (Å²) >= 11 is 7.82. The van der Waals surface area contributed by atoms with E-state index in [1.807, 2.05) is 47.8 Å². The van der Waals surface area contributed by atoms with Gasteiger partial charge in [-0.05, 0) is 29.6 Å². The predicted octanol–water partition coefficient (Wildman–Crippen LogP) is 4.38. The fourth-order valence-electron chi connectivity index (χ4n) is 1.55. The summed E-state index contributed by atoms with van der Waals surface area (Å²) in [7, 11) is 0. The van der Waals surface area contributed by atoms with Crippen molar-refractivity contribution >= 4 is 22.9 Å². The van der Waals surface area contributed by atoms with Crippen molar-refractivity contribution in [1.29, 1.82) is 0 Å². The van der Waals surface area contributed by atoms with Crippen LogP contribution in [0.25, 0.3) is 5.00 Å². The van der Waals surface area contributed by atoms with E-state index in [0.29, 0.717) is 10.9 Å². The number of hydrogen-bond donors (Lipinski definition) is 0. The van der Waals surface area contributed by atoms with Crippen molar-refractivity contribution < 1.29 is 4.74 Å². The molecule has 0 aliphatic rings. The van der Waals surface area contributed by atoms with Gasteiger partial charge in [0.15, 0.2) is 10.9 Å². The average molecular weight is 277 g/mol. The lowest BCUT2D eigenvalue weighted by atomic mass is 10.3. The molecule has 1 aromatic carbocycles. The number of halogens is 1. The quantitative estimate of drug-likeness (QED) is 0.710. The first-order valence-corrected chi connectivity index (χ1v) is 6.60. The summed E-state index contributed by atoms with van der Waals surface area (Å²) in [5.74, 6) is 1.29. The molecule has 3 aromatic rings. The molecule has 0 saturated heterocycles. The Morgan fingerprint density at radius 2 is 1.94 bits per heavy atom. The van der Waals surface area contributed by atoms with Crippen LogP contribution in [0.15, 0.2) is 54.0 Å². The van der Waals surface area contributed by atoms with Crippen molar-refractivity contribution in [1.82, 2.24) is 9.78 Å². The maximum atomic E-state index is 6.25. The number of nitrogens with zero attached hydrogens (tertiary/aromatic N) is 2. The van der Waals surface area contributed by atoms with Crippen molar-refractivity contribution in [2.45, 2.75) is 0 Å². The fourth-order valence-corrected chi connectivity index (χ4v) is 2.51. The van der Waals surface area contributed by atoms with Crippen LogP contribution in [-0.4, -0.2) is 9.78 Å². The Balaban J connectivity index is 1.91. The SMILES string of the molecule is Clc1c(Oc2ccccc2)cnn1-c1cccs1. The topological polar surface area (TPSA) is 27.1 Å². The first-order valence-electron chi connectivity index (χ1n) is 5.35. The number of rotatable bonds is 3. The number of thiophene rings is 1. The van der Waals surface area contributed by atoms with E-state index in [0.717, 1.165) is 10.8 Å². The van der Waals surface area contributed by atoms with Gasteiger partial charge in [-0.2, -0.15) is 5.10 Å². The molecule has 0 atom stereocenters. The lowest BCUT2D eigenvalue weighted by Crippen LogP contribution is -1.92. The third-order valence-electron chi connectivity index (χ3n) is 2.37. The lowest BCUT2D eigenvalue weighted by Gasteiger charge is -2.03. The van der Waals surface area contributed by atoms with Crippen LogP contribution in [0.1, 0.15) is 0 Å². The molecule has 0 radical (unpaired) electrons. The maximum absolute atomic E-state index is 6.25. The molecule has 0 N–H and O–H groups in total. The van der Waals surface area contributed by atoms with E-state index < -0.39 is 0 Å². The molecule has 0 aliphatic carbocycles. The molecule has 0 fully saturated rings. The molecule has 90 valence electrons. The molecule has 0 bridgehead atoms. The fraction of sp³-hybridized carbons (Fsp3) is 0. The maximum Gasteiger partial charge on any atom is 0.184 e. The largest absolute Gasteiger partial charge is 0.452 e. The van der Waals surface area contributed by atoms with Crippen molar-refractivity contribution in [2.75, 3.05) is 0 Å². The first kappa shape index (κ1) is 11.3. The highest BCUT2D eigenvalue weighted by atomic mass is 35.5. The summed E-state index contributed by atoms with van der Waals surface area (Å²) in [4.78, 5) is 0. The van der Waals surface area contributed by atoms with E-state index in [2.05, 4.69) is 5.10 Å². The Bertz CT molecular complexity index is 634. The van der Waals surface area contributed by atoms with Crippen molar-refractivity contribution in [3.8, 4) is 16.5 Å². The van der Waals surface area contributed by atoms with Gasteiger partial charge < -0.3 is 4.74 Å². The molecular formula is C13H9ClN2OS. The second-order valence-corrected chi connectivity index (χ2v) is 4.86. The van der Waals surface area contributed by atoms with Crippen molar-refractivity contribution in [3.63, 3.8) is 0 Å². The minimum atomic E-state index is 0.473. The molecule has 0 unspecified atom stereocenters. The van der Waals surface area contributed by atoms with Gasteiger partial charge in [0.05, 0.1) is 6.20 Å². The second-order valence-electron chi connectivity index (χ2n) is 3.58. The number of para-hydroxylation sites is 1. The Kier molecular flexibility index (Phi) is 3.04. The molecule has 0 aliphatic heterocycles. The summed E-state index contributed by atoms with van der Waals surface area (Å²) in [6.45, 7) is 0. The van der Waals surface area contributed by atoms with Gasteiger partial charge in [-0.25, -0.2) is 4.68 Å². The number of benzene rings is 1. The predicted molar refractivity (Wildman–Crippen MR) is 73.0 cm³/mol. The lowest BCUT2D eigenvalue weighted by molar-refractivity contribution is 0.483. The molecule has 5 heteroatoms. The van der Waals surface area contributed by atoms with Crippen LogP contribution in [0.5, 0.6) is 11.5 Å². The van der Waals surface area contributed by atoms with Crippen LogP contribution in [0.4, 0.5) is 0 Å². The van der Waals surface area contributed by atoms with E-state index >= 15 is 0 Å². The summed E-state index contributed by atoms with van der Waals surface area (Å²) in [6, 6.07) is 13.4. The monoisotopic (exact) mass is 276 g/mol. The zero-order valence-corrected chi connectivity index (χ0v) is 10.9. The standard InChI is InChI=1S/C13H9ClN2OS/c14-13-11(17-10-5-2-1-3-6-10)9-15-16(13)12-7-4-8-18-12/h1-9H. The molecule has 3 rings (SSSR count). The summed E-state index contributed by atoms with van der Waals surface area (Å²) in [5.41, 5.74) is 0. The third-order valence-corrected chi connectivity index (χ3v) is 3.56. The van der Waals surface area contributed by atoms with Crippen LogP contribution in [0, 0.1) is 0 Å². The number of aromatic nitrogens is 2. The molecule has 2 aromatic heterocycles. The van der Waals surface area contributed by atoms with Gasteiger partial charge >= 0.3 is 0 Å². The molecule has 0 spiro atoms. The van der Waals surface area contributed by atoms with Gasteiger partial charge in [-0.15, -0.1) is 11.3 Å². The highest BCUT2D eigenvalue weighted by Gasteiger charge is 2.12. The van der Waals surface area contributed by atoms with Gasteiger partial charge in [0.2, 0.25) is 0 Å². The highest BCUT2D eigenvalue weighted by molar-refractivity contribution is 7.12. The molecule has 0 amide bonds. The van der Waals surface area contributed by atoms with E-state index in [1.165, 1.54) is 0 Å². The molecule has 3 nitrogen and oxygen atoms in total. The Morgan fingerprint density at radius 1 is 1.11 bits per heavy atom. The molecular weight excluding hydrogens is 268 g/mol. The summed E-state index contributed by atoms with van der Waals surface area (Å²) < 4.78 is 7.33. The first-order chi connectivity index (χ1) is 8.84. The second kappa shape index (κ2) is 4.84. The number of ether oxygens (including phenoxy) is 1. The Labute approximate surface area is 113 Å². The van der Waals surface area contributed by atoms with Crippen LogP contribution < -0.4 is 4.74 Å². The van der Waals surface area contributed by atoms with Crippen molar-refractivity contribution in [2.24, 2.45) is 0 Å². The molecule has 0 saturated carbocycles. The van der Waals surface area contributed by atoms with E-state index in [1.54, 1.807) is 22.2 Å². The van der Waals surface area contributed by atoms with Gasteiger partial charge in [0, 0.05) is 0 Å². The Morgan fingerprint density at radius 3 is 2.67 bits per heavy atom. The van der Waals surface area contributed by atoms with Gasteiger partial charge in [-0.1, -0.05) is 29.8 Å². The van der Waals surface area contributed by atoms with Gasteiger partial charge in [0.1, 0.15) is 10.8 Å². The zero-order valence-electron chi connectivity index (χ0n) is 9.29. The van der Waals surface area contributed by atoms with E-state index in [4.69, 9.17) is 16.3 Å². The van der Waals surface area contributed by atoms with Crippen LogP contribution in [0.2, 0.25) is 5.15 Å². The zero-order chi connectivity index (χ0) is 12.4. The van der Waals surface area contributed by atoms with E-state index in [-0.39, 0.29) is 0 Å². The van der Waals surface area contributed by atoms with Crippen LogP contribution >= 0.6 is 22.9 Å². The summed E-state index contributed by atoms with van der Waals surface area (Å²) in [6.07, 6.45) is 1.62. The smallest absolute Gasteiger partial charge is 0.184 e. The molecule has 18 heavy (non-hydrogen) atoms. The molecule has 2 heterocycles.